The summed E-state index contributed by atoms with van der Waals surface area (Å²) < 4.78 is 10.1. The highest BCUT2D eigenvalue weighted by Gasteiger charge is 2.38. The van der Waals surface area contributed by atoms with Crippen molar-refractivity contribution < 1.29 is 24.0 Å². The second-order valence-corrected chi connectivity index (χ2v) is 6.02. The van der Waals surface area contributed by atoms with E-state index in [0.717, 1.165) is 5.56 Å². The number of hydrogen-bond donors (Lipinski definition) is 0. The van der Waals surface area contributed by atoms with E-state index in [2.05, 4.69) is 4.98 Å². The molecule has 2 aromatic rings. The topological polar surface area (TPSA) is 109 Å². The lowest BCUT2D eigenvalue weighted by molar-refractivity contribution is -0.385. The molecular weight excluding hydrogens is 340 g/mol. The van der Waals surface area contributed by atoms with Crippen LogP contribution in [0.15, 0.2) is 48.2 Å². The van der Waals surface area contributed by atoms with E-state index in [1.165, 1.54) is 32.2 Å². The number of carbonyl (C=O) groups excluding carboxylic acids is 2. The van der Waals surface area contributed by atoms with Crippen LogP contribution in [0.2, 0.25) is 0 Å². The predicted octanol–water partition coefficient (Wildman–Crippen LogP) is 2.88. The number of esters is 2. The van der Waals surface area contributed by atoms with E-state index in [1.54, 1.807) is 30.3 Å². The minimum absolute atomic E-state index is 0.0904. The number of cyclic esters (lactones) is 2. The molecule has 0 saturated carbocycles. The van der Waals surface area contributed by atoms with Crippen LogP contribution in [0.4, 0.5) is 5.69 Å². The number of nitro groups is 1. The number of nitrogens with zero attached hydrogens (tertiary/aromatic N) is 2. The van der Waals surface area contributed by atoms with Crippen molar-refractivity contribution in [3.05, 3.63) is 63.8 Å². The molecular formula is C18H14N2O6. The lowest BCUT2D eigenvalue weighted by Gasteiger charge is -2.29. The van der Waals surface area contributed by atoms with Gasteiger partial charge in [0.1, 0.15) is 11.8 Å². The molecule has 0 spiro atoms. The van der Waals surface area contributed by atoms with Gasteiger partial charge in [0.25, 0.3) is 11.5 Å². The summed E-state index contributed by atoms with van der Waals surface area (Å²) in [6.45, 7) is 2.96. The molecule has 8 heteroatoms. The van der Waals surface area contributed by atoms with E-state index in [-0.39, 0.29) is 11.3 Å². The molecule has 132 valence electrons. The number of pyridine rings is 1. The number of benzene rings is 1. The van der Waals surface area contributed by atoms with Gasteiger partial charge in [0.2, 0.25) is 0 Å². The van der Waals surface area contributed by atoms with Crippen LogP contribution in [0.25, 0.3) is 17.3 Å². The summed E-state index contributed by atoms with van der Waals surface area (Å²) in [4.78, 5) is 38.1. The Hall–Kier alpha value is -3.55. The molecule has 1 aromatic heterocycles. The van der Waals surface area contributed by atoms with Gasteiger partial charge in [0.15, 0.2) is 0 Å². The fraction of sp³-hybridized carbons (Fsp3) is 0.167. The number of hydrogen-bond acceptors (Lipinski definition) is 7. The van der Waals surface area contributed by atoms with Crippen LogP contribution in [0, 0.1) is 10.1 Å². The van der Waals surface area contributed by atoms with Gasteiger partial charge in [0.05, 0.1) is 10.6 Å². The molecule has 1 fully saturated rings. The highest BCUT2D eigenvalue weighted by molar-refractivity contribution is 6.18. The summed E-state index contributed by atoms with van der Waals surface area (Å²) in [6.07, 6.45) is 2.56. The Balaban J connectivity index is 1.82. The molecule has 0 atom stereocenters. The first-order chi connectivity index (χ1) is 12.2. The van der Waals surface area contributed by atoms with Crippen molar-refractivity contribution >= 4 is 23.7 Å². The molecule has 26 heavy (non-hydrogen) atoms. The second kappa shape index (κ2) is 6.40. The summed E-state index contributed by atoms with van der Waals surface area (Å²) >= 11 is 0. The minimum atomic E-state index is -1.28. The molecule has 0 unspecified atom stereocenters. The molecule has 2 heterocycles. The summed E-state index contributed by atoms with van der Waals surface area (Å²) in [5.41, 5.74) is 1.61. The van der Waals surface area contributed by atoms with Gasteiger partial charge in [-0.1, -0.05) is 24.3 Å². The van der Waals surface area contributed by atoms with Crippen LogP contribution in [0.1, 0.15) is 19.4 Å². The maximum absolute atomic E-state index is 11.9. The molecule has 0 aliphatic carbocycles. The van der Waals surface area contributed by atoms with Crippen molar-refractivity contribution in [1.82, 2.24) is 4.98 Å². The van der Waals surface area contributed by atoms with Crippen molar-refractivity contribution in [1.29, 1.82) is 0 Å². The maximum atomic E-state index is 11.9. The van der Waals surface area contributed by atoms with Gasteiger partial charge < -0.3 is 9.47 Å². The van der Waals surface area contributed by atoms with Gasteiger partial charge in [-0.15, -0.1) is 0 Å². The fourth-order valence-corrected chi connectivity index (χ4v) is 2.36. The van der Waals surface area contributed by atoms with Gasteiger partial charge in [-0.2, -0.15) is 0 Å². The standard InChI is InChI=1S/C18H14N2O6/c1-18(2)25-16(21)14(17(22)26-18)9-11-3-5-12(6-4-11)15-8-7-13(10-19-15)20(23)24/h3-10H,1-2H3. The van der Waals surface area contributed by atoms with Crippen LogP contribution in [0.5, 0.6) is 0 Å². The number of aromatic nitrogens is 1. The van der Waals surface area contributed by atoms with E-state index in [1.807, 2.05) is 0 Å². The lowest BCUT2D eigenvalue weighted by atomic mass is 10.1. The second-order valence-electron chi connectivity index (χ2n) is 6.02. The normalized spacial score (nSPS) is 15.8. The van der Waals surface area contributed by atoms with Gasteiger partial charge in [-0.25, -0.2) is 14.6 Å². The largest absolute Gasteiger partial charge is 0.419 e. The molecule has 0 N–H and O–H groups in total. The summed E-state index contributed by atoms with van der Waals surface area (Å²) in [6, 6.07) is 9.74. The zero-order chi connectivity index (χ0) is 18.9. The molecule has 0 amide bonds. The van der Waals surface area contributed by atoms with E-state index in [9.17, 15) is 19.7 Å². The molecule has 3 rings (SSSR count). The third kappa shape index (κ3) is 3.59. The molecule has 1 aromatic carbocycles. The number of ether oxygens (including phenoxy) is 2. The third-order valence-corrected chi connectivity index (χ3v) is 3.59. The van der Waals surface area contributed by atoms with Crippen LogP contribution >= 0.6 is 0 Å². The Labute approximate surface area is 148 Å². The minimum Gasteiger partial charge on any atom is -0.419 e. The SMILES string of the molecule is CC1(C)OC(=O)C(=Cc2ccc(-c3ccc([N+](=O)[O-])cn3)cc2)C(=O)O1. The molecule has 8 nitrogen and oxygen atoms in total. The van der Waals surface area contributed by atoms with Gasteiger partial charge in [-0.05, 0) is 17.7 Å². The first-order valence-electron chi connectivity index (χ1n) is 7.64. The zero-order valence-electron chi connectivity index (χ0n) is 14.0. The molecule has 1 aliphatic heterocycles. The van der Waals surface area contributed by atoms with E-state index in [4.69, 9.17) is 9.47 Å². The van der Waals surface area contributed by atoms with Crippen molar-refractivity contribution in [3.8, 4) is 11.3 Å². The molecule has 0 radical (unpaired) electrons. The van der Waals surface area contributed by atoms with Gasteiger partial charge in [-0.3, -0.25) is 10.1 Å². The zero-order valence-corrected chi connectivity index (χ0v) is 14.0. The van der Waals surface area contributed by atoms with E-state index in [0.29, 0.717) is 11.3 Å². The first kappa shape index (κ1) is 17.3. The number of carbonyl (C=O) groups is 2. The molecule has 1 saturated heterocycles. The van der Waals surface area contributed by atoms with Crippen molar-refractivity contribution in [2.24, 2.45) is 0 Å². The van der Waals surface area contributed by atoms with Crippen molar-refractivity contribution in [2.75, 3.05) is 0 Å². The maximum Gasteiger partial charge on any atom is 0.348 e. The summed E-state index contributed by atoms with van der Waals surface area (Å²) in [5.74, 6) is -2.77. The van der Waals surface area contributed by atoms with E-state index < -0.39 is 22.6 Å². The van der Waals surface area contributed by atoms with Gasteiger partial charge >= 0.3 is 11.9 Å². The Bertz CT molecular complexity index is 892. The van der Waals surface area contributed by atoms with Crippen molar-refractivity contribution in [2.45, 2.75) is 19.6 Å². The molecule has 1 aliphatic rings. The van der Waals surface area contributed by atoms with Gasteiger partial charge in [0, 0.05) is 25.5 Å². The Morgan fingerprint density at radius 1 is 1.04 bits per heavy atom. The highest BCUT2D eigenvalue weighted by atomic mass is 16.7. The van der Waals surface area contributed by atoms with Crippen LogP contribution in [-0.2, 0) is 19.1 Å². The quantitative estimate of drug-likeness (QED) is 0.274. The van der Waals surface area contributed by atoms with Crippen molar-refractivity contribution in [3.63, 3.8) is 0 Å². The van der Waals surface area contributed by atoms with Crippen LogP contribution < -0.4 is 0 Å². The summed E-state index contributed by atoms with van der Waals surface area (Å²) in [7, 11) is 0. The average molecular weight is 354 g/mol. The smallest absolute Gasteiger partial charge is 0.348 e. The van der Waals surface area contributed by atoms with Crippen LogP contribution in [-0.4, -0.2) is 27.6 Å². The molecule has 0 bridgehead atoms. The lowest BCUT2D eigenvalue weighted by Crippen LogP contribution is -2.41. The Morgan fingerprint density at radius 2 is 1.65 bits per heavy atom. The Morgan fingerprint density at radius 3 is 2.15 bits per heavy atom. The highest BCUT2D eigenvalue weighted by Crippen LogP contribution is 2.25. The first-order valence-corrected chi connectivity index (χ1v) is 7.64. The Kier molecular flexibility index (Phi) is 4.25. The fourth-order valence-electron chi connectivity index (χ4n) is 2.36. The average Bonchev–Trinajstić information content (AvgIpc) is 2.58. The monoisotopic (exact) mass is 354 g/mol. The number of rotatable bonds is 3. The van der Waals surface area contributed by atoms with Crippen LogP contribution in [0.3, 0.4) is 0 Å². The predicted molar refractivity (Wildman–Crippen MR) is 90.6 cm³/mol. The summed E-state index contributed by atoms with van der Waals surface area (Å²) in [5, 5.41) is 10.7. The third-order valence-electron chi connectivity index (χ3n) is 3.59. The van der Waals surface area contributed by atoms with E-state index >= 15 is 0 Å².